The monoisotopic (exact) mass is 436 g/mol. The van der Waals surface area contributed by atoms with E-state index in [0.29, 0.717) is 28.6 Å². The summed E-state index contributed by atoms with van der Waals surface area (Å²) in [5.74, 6) is 0.320. The summed E-state index contributed by atoms with van der Waals surface area (Å²) in [6.45, 7) is 10.9. The Kier molecular flexibility index (Phi) is 6.70. The van der Waals surface area contributed by atoms with Crippen molar-refractivity contribution in [3.8, 4) is 6.07 Å². The maximum Gasteiger partial charge on any atom is 0.343 e. The highest BCUT2D eigenvalue weighted by atomic mass is 16.5. The first-order valence-corrected chi connectivity index (χ1v) is 10.9. The van der Waals surface area contributed by atoms with Crippen LogP contribution in [0.2, 0.25) is 0 Å². The molecule has 1 fully saturated rings. The quantitative estimate of drug-likeness (QED) is 0.645. The number of nitrogens with one attached hydrogen (secondary N) is 2. The highest BCUT2D eigenvalue weighted by molar-refractivity contribution is 5.94. The zero-order chi connectivity index (χ0) is 23.5. The number of aromatic nitrogens is 2. The molecule has 0 spiro atoms. The smallest absolute Gasteiger partial charge is 0.343 e. The van der Waals surface area contributed by atoms with Crippen molar-refractivity contribution < 1.29 is 9.53 Å². The van der Waals surface area contributed by atoms with E-state index in [1.54, 1.807) is 25.1 Å². The van der Waals surface area contributed by atoms with Crippen LogP contribution in [0.3, 0.4) is 0 Å². The first-order valence-electron chi connectivity index (χ1n) is 10.9. The van der Waals surface area contributed by atoms with Crippen molar-refractivity contribution in [1.29, 1.82) is 5.26 Å². The van der Waals surface area contributed by atoms with Crippen LogP contribution < -0.4 is 10.6 Å². The van der Waals surface area contributed by atoms with E-state index < -0.39 is 5.97 Å². The fraction of sp³-hybridized carbons (Fsp3) is 0.500. The number of hydrogen-bond acceptors (Lipinski definition) is 8. The molecule has 8 heteroatoms. The molecular weight excluding hydrogens is 404 g/mol. The number of benzene rings is 1. The number of rotatable bonds is 6. The van der Waals surface area contributed by atoms with Crippen LogP contribution in [0.1, 0.15) is 63.4 Å². The largest absolute Gasteiger partial charge is 0.462 e. The first-order chi connectivity index (χ1) is 15.1. The minimum atomic E-state index is -0.459. The number of carbonyl (C=O) groups excluding carboxylic acids is 1. The van der Waals surface area contributed by atoms with Crippen LogP contribution in [0.5, 0.6) is 0 Å². The molecule has 1 aromatic heterocycles. The second-order valence-electron chi connectivity index (χ2n) is 9.43. The molecule has 1 saturated heterocycles. The molecule has 1 aliphatic rings. The fourth-order valence-corrected chi connectivity index (χ4v) is 4.37. The van der Waals surface area contributed by atoms with E-state index in [-0.39, 0.29) is 23.7 Å². The first kappa shape index (κ1) is 23.5. The van der Waals surface area contributed by atoms with E-state index in [2.05, 4.69) is 66.3 Å². The number of likely N-dealkylation sites (tertiary alicyclic amines) is 1. The number of anilines is 3. The SMILES string of the molecule is CCOC(=O)c1cnc(Nc2cccc(C#N)c2)nc1NC1CC(C)(C)N(C)C(C)(C)C1. The molecule has 0 radical (unpaired) electrons. The predicted molar refractivity (Wildman–Crippen MR) is 125 cm³/mol. The number of ether oxygens (including phenoxy) is 1. The van der Waals surface area contributed by atoms with Gasteiger partial charge in [0.1, 0.15) is 11.4 Å². The van der Waals surface area contributed by atoms with Crippen molar-refractivity contribution in [2.24, 2.45) is 0 Å². The number of piperidine rings is 1. The lowest BCUT2D eigenvalue weighted by atomic mass is 9.77. The van der Waals surface area contributed by atoms with Gasteiger partial charge in [0.05, 0.1) is 18.2 Å². The molecule has 0 aliphatic carbocycles. The van der Waals surface area contributed by atoms with Crippen LogP contribution in [0.15, 0.2) is 30.5 Å². The number of hydrogen-bond donors (Lipinski definition) is 2. The molecule has 0 bridgehead atoms. The number of nitriles is 1. The van der Waals surface area contributed by atoms with Gasteiger partial charge in [-0.25, -0.2) is 9.78 Å². The standard InChI is InChI=1S/C24H32N6O2/c1-7-32-21(31)19-15-26-22(28-17-10-8-9-16(11-17)14-25)29-20(19)27-18-12-23(2,3)30(6)24(4,5)13-18/h8-11,15,18H,7,12-13H2,1-6H3,(H2,26,27,28,29). The highest BCUT2D eigenvalue weighted by Crippen LogP contribution is 2.38. The maximum absolute atomic E-state index is 12.6. The minimum Gasteiger partial charge on any atom is -0.462 e. The van der Waals surface area contributed by atoms with Crippen molar-refractivity contribution in [3.05, 3.63) is 41.6 Å². The van der Waals surface area contributed by atoms with Gasteiger partial charge in [0.2, 0.25) is 5.95 Å². The maximum atomic E-state index is 12.6. The van der Waals surface area contributed by atoms with Crippen molar-refractivity contribution in [2.45, 2.75) is 64.6 Å². The Morgan fingerprint density at radius 3 is 2.59 bits per heavy atom. The van der Waals surface area contributed by atoms with Crippen LogP contribution in [-0.4, -0.2) is 51.6 Å². The minimum absolute atomic E-state index is 0.0185. The molecule has 2 aromatic rings. The summed E-state index contributed by atoms with van der Waals surface area (Å²) in [6, 6.07) is 9.30. The summed E-state index contributed by atoms with van der Waals surface area (Å²) in [5, 5.41) is 15.8. The van der Waals surface area contributed by atoms with E-state index >= 15 is 0 Å². The molecule has 170 valence electrons. The van der Waals surface area contributed by atoms with Crippen molar-refractivity contribution >= 4 is 23.4 Å². The Labute approximate surface area is 190 Å². The van der Waals surface area contributed by atoms with Crippen LogP contribution in [0, 0.1) is 11.3 Å². The van der Waals surface area contributed by atoms with Gasteiger partial charge in [0.15, 0.2) is 0 Å². The van der Waals surface area contributed by atoms with Gasteiger partial charge in [-0.05, 0) is 72.7 Å². The second-order valence-corrected chi connectivity index (χ2v) is 9.43. The van der Waals surface area contributed by atoms with E-state index in [4.69, 9.17) is 10.00 Å². The fourth-order valence-electron chi connectivity index (χ4n) is 4.37. The number of carbonyl (C=O) groups is 1. The van der Waals surface area contributed by atoms with Gasteiger partial charge >= 0.3 is 5.97 Å². The molecule has 0 saturated carbocycles. The Morgan fingerprint density at radius 1 is 1.28 bits per heavy atom. The molecule has 2 heterocycles. The highest BCUT2D eigenvalue weighted by Gasteiger charge is 2.43. The van der Waals surface area contributed by atoms with E-state index in [1.807, 2.05) is 6.07 Å². The third-order valence-electron chi connectivity index (χ3n) is 6.18. The Morgan fingerprint density at radius 2 is 1.97 bits per heavy atom. The average molecular weight is 437 g/mol. The van der Waals surface area contributed by atoms with Gasteiger partial charge in [0, 0.05) is 29.0 Å². The summed E-state index contributed by atoms with van der Waals surface area (Å²) >= 11 is 0. The molecule has 0 atom stereocenters. The Bertz CT molecular complexity index is 1010. The molecule has 2 N–H and O–H groups in total. The lowest BCUT2D eigenvalue weighted by Crippen LogP contribution is -2.61. The molecule has 1 aliphatic heterocycles. The molecule has 32 heavy (non-hydrogen) atoms. The summed E-state index contributed by atoms with van der Waals surface area (Å²) < 4.78 is 5.22. The lowest BCUT2D eigenvalue weighted by Gasteiger charge is -2.53. The van der Waals surface area contributed by atoms with Gasteiger partial charge < -0.3 is 15.4 Å². The summed E-state index contributed by atoms with van der Waals surface area (Å²) in [5.41, 5.74) is 1.50. The zero-order valence-electron chi connectivity index (χ0n) is 19.7. The summed E-state index contributed by atoms with van der Waals surface area (Å²) in [6.07, 6.45) is 3.27. The third-order valence-corrected chi connectivity index (χ3v) is 6.18. The lowest BCUT2D eigenvalue weighted by molar-refractivity contribution is -0.00773. The predicted octanol–water partition coefficient (Wildman–Crippen LogP) is 4.33. The van der Waals surface area contributed by atoms with E-state index in [1.165, 1.54) is 6.20 Å². The van der Waals surface area contributed by atoms with Gasteiger partial charge in [0.25, 0.3) is 0 Å². The van der Waals surface area contributed by atoms with Gasteiger partial charge in [-0.2, -0.15) is 10.2 Å². The van der Waals surface area contributed by atoms with Gasteiger partial charge in [-0.15, -0.1) is 0 Å². The van der Waals surface area contributed by atoms with Crippen molar-refractivity contribution in [3.63, 3.8) is 0 Å². The van der Waals surface area contributed by atoms with Crippen LogP contribution >= 0.6 is 0 Å². The van der Waals surface area contributed by atoms with Crippen LogP contribution in [-0.2, 0) is 4.74 Å². The van der Waals surface area contributed by atoms with Gasteiger partial charge in [-0.1, -0.05) is 6.07 Å². The Hall–Kier alpha value is -3.18. The van der Waals surface area contributed by atoms with E-state index in [9.17, 15) is 4.79 Å². The summed E-state index contributed by atoms with van der Waals surface area (Å²) in [4.78, 5) is 23.9. The molecule has 1 aromatic carbocycles. The molecule has 3 rings (SSSR count). The topological polar surface area (TPSA) is 103 Å². The Balaban J connectivity index is 1.92. The molecule has 0 unspecified atom stereocenters. The molecule has 8 nitrogen and oxygen atoms in total. The van der Waals surface area contributed by atoms with Crippen LogP contribution in [0.4, 0.5) is 17.5 Å². The average Bonchev–Trinajstić information content (AvgIpc) is 2.72. The van der Waals surface area contributed by atoms with Crippen molar-refractivity contribution in [2.75, 3.05) is 24.3 Å². The van der Waals surface area contributed by atoms with Gasteiger partial charge in [-0.3, -0.25) is 4.90 Å². The van der Waals surface area contributed by atoms with Crippen LogP contribution in [0.25, 0.3) is 0 Å². The molecular formula is C24H32N6O2. The normalized spacial score (nSPS) is 17.9. The number of nitrogens with zero attached hydrogens (tertiary/aromatic N) is 4. The van der Waals surface area contributed by atoms with Crippen molar-refractivity contribution in [1.82, 2.24) is 14.9 Å². The van der Waals surface area contributed by atoms with E-state index in [0.717, 1.165) is 12.8 Å². The molecule has 0 amide bonds. The third kappa shape index (κ3) is 5.17. The summed E-state index contributed by atoms with van der Waals surface area (Å²) in [7, 11) is 2.16. The zero-order valence-corrected chi connectivity index (χ0v) is 19.7. The number of esters is 1. The second kappa shape index (κ2) is 9.13.